The SMILES string of the molecule is Cc1ccc(S(=O)(=O)N2CCC[C@H](c3cc4ncccc4[nH]3)C2)cc1F. The van der Waals surface area contributed by atoms with Gasteiger partial charge in [0.15, 0.2) is 0 Å². The molecule has 1 N–H and O–H groups in total. The Labute approximate surface area is 151 Å². The van der Waals surface area contributed by atoms with Crippen LogP contribution in [0.2, 0.25) is 0 Å². The van der Waals surface area contributed by atoms with E-state index in [1.807, 2.05) is 18.2 Å². The van der Waals surface area contributed by atoms with Gasteiger partial charge in [-0.2, -0.15) is 4.31 Å². The first-order valence-corrected chi connectivity index (χ1v) is 10.1. The molecule has 1 atom stereocenters. The zero-order chi connectivity index (χ0) is 18.3. The second-order valence-corrected chi connectivity index (χ2v) is 8.71. The first-order chi connectivity index (χ1) is 12.4. The Hall–Kier alpha value is -2.25. The van der Waals surface area contributed by atoms with E-state index in [0.29, 0.717) is 18.7 Å². The number of fused-ring (bicyclic) bond motifs is 1. The number of piperidine rings is 1. The molecule has 2 aromatic heterocycles. The monoisotopic (exact) mass is 373 g/mol. The van der Waals surface area contributed by atoms with Crippen LogP contribution in [0.3, 0.4) is 0 Å². The standard InChI is InChI=1S/C19H20FN3O2S/c1-13-6-7-15(10-16(13)20)26(24,25)23-9-3-4-14(12-23)18-11-19-17(22-18)5-2-8-21-19/h2,5-8,10-11,14,22H,3-4,9,12H2,1H3/t14-/m0/s1. The molecule has 0 aliphatic carbocycles. The molecule has 136 valence electrons. The zero-order valence-corrected chi connectivity index (χ0v) is 15.3. The molecular weight excluding hydrogens is 353 g/mol. The van der Waals surface area contributed by atoms with Crippen LogP contribution in [0.25, 0.3) is 11.0 Å². The Morgan fingerprint density at radius 2 is 2.12 bits per heavy atom. The molecule has 3 aromatic rings. The number of hydrogen-bond acceptors (Lipinski definition) is 3. The van der Waals surface area contributed by atoms with Crippen molar-refractivity contribution >= 4 is 21.1 Å². The third kappa shape index (κ3) is 3.01. The van der Waals surface area contributed by atoms with Crippen LogP contribution in [0.4, 0.5) is 4.39 Å². The van der Waals surface area contributed by atoms with Crippen LogP contribution < -0.4 is 0 Å². The number of benzene rings is 1. The summed E-state index contributed by atoms with van der Waals surface area (Å²) in [6.07, 6.45) is 3.41. The van der Waals surface area contributed by atoms with Crippen molar-refractivity contribution in [1.82, 2.24) is 14.3 Å². The number of H-pyrrole nitrogens is 1. The van der Waals surface area contributed by atoms with Crippen molar-refractivity contribution in [2.24, 2.45) is 0 Å². The number of hydrogen-bond donors (Lipinski definition) is 1. The Balaban J connectivity index is 1.62. The number of rotatable bonds is 3. The second-order valence-electron chi connectivity index (χ2n) is 6.77. The number of aromatic amines is 1. The highest BCUT2D eigenvalue weighted by molar-refractivity contribution is 7.89. The number of nitrogens with one attached hydrogen (secondary N) is 1. The Morgan fingerprint density at radius 1 is 1.27 bits per heavy atom. The number of halogens is 1. The average Bonchev–Trinajstić information content (AvgIpc) is 3.08. The zero-order valence-electron chi connectivity index (χ0n) is 14.4. The Morgan fingerprint density at radius 3 is 2.88 bits per heavy atom. The van der Waals surface area contributed by atoms with E-state index < -0.39 is 15.8 Å². The summed E-state index contributed by atoms with van der Waals surface area (Å²) in [5, 5.41) is 0. The predicted octanol–water partition coefficient (Wildman–Crippen LogP) is 3.58. The van der Waals surface area contributed by atoms with Crippen molar-refractivity contribution in [2.75, 3.05) is 13.1 Å². The molecule has 1 aromatic carbocycles. The topological polar surface area (TPSA) is 66.1 Å². The fourth-order valence-electron chi connectivity index (χ4n) is 3.49. The van der Waals surface area contributed by atoms with Crippen molar-refractivity contribution in [3.05, 3.63) is 59.7 Å². The highest BCUT2D eigenvalue weighted by Gasteiger charge is 2.32. The lowest BCUT2D eigenvalue weighted by Crippen LogP contribution is -2.39. The van der Waals surface area contributed by atoms with Gasteiger partial charge < -0.3 is 4.98 Å². The largest absolute Gasteiger partial charge is 0.357 e. The van der Waals surface area contributed by atoms with Gasteiger partial charge in [-0.1, -0.05) is 6.07 Å². The summed E-state index contributed by atoms with van der Waals surface area (Å²) in [6.45, 7) is 2.45. The lowest BCUT2D eigenvalue weighted by Gasteiger charge is -2.31. The van der Waals surface area contributed by atoms with Crippen molar-refractivity contribution in [3.8, 4) is 0 Å². The van der Waals surface area contributed by atoms with Crippen LogP contribution in [-0.4, -0.2) is 35.8 Å². The summed E-state index contributed by atoms with van der Waals surface area (Å²) in [5.74, 6) is -0.427. The van der Waals surface area contributed by atoms with Gasteiger partial charge in [0.2, 0.25) is 10.0 Å². The van der Waals surface area contributed by atoms with Gasteiger partial charge in [0.05, 0.1) is 15.9 Å². The lowest BCUT2D eigenvalue weighted by atomic mass is 9.96. The highest BCUT2D eigenvalue weighted by Crippen LogP contribution is 2.31. The van der Waals surface area contributed by atoms with E-state index in [0.717, 1.165) is 35.6 Å². The fourth-order valence-corrected chi connectivity index (χ4v) is 5.03. The molecule has 1 aliphatic heterocycles. The quantitative estimate of drug-likeness (QED) is 0.763. The van der Waals surface area contributed by atoms with E-state index in [-0.39, 0.29) is 10.8 Å². The molecule has 5 nitrogen and oxygen atoms in total. The maximum absolute atomic E-state index is 13.8. The van der Waals surface area contributed by atoms with E-state index in [1.165, 1.54) is 16.4 Å². The van der Waals surface area contributed by atoms with Crippen molar-refractivity contribution < 1.29 is 12.8 Å². The van der Waals surface area contributed by atoms with Crippen LogP contribution in [0, 0.1) is 12.7 Å². The number of pyridine rings is 1. The molecule has 3 heterocycles. The molecule has 0 saturated carbocycles. The maximum atomic E-state index is 13.8. The van der Waals surface area contributed by atoms with E-state index in [4.69, 9.17) is 0 Å². The van der Waals surface area contributed by atoms with Gasteiger partial charge in [-0.15, -0.1) is 0 Å². The minimum Gasteiger partial charge on any atom is -0.357 e. The van der Waals surface area contributed by atoms with E-state index in [2.05, 4.69) is 9.97 Å². The number of nitrogens with zero attached hydrogens (tertiary/aromatic N) is 2. The van der Waals surface area contributed by atoms with Gasteiger partial charge in [-0.25, -0.2) is 12.8 Å². The van der Waals surface area contributed by atoms with Gasteiger partial charge in [0, 0.05) is 30.9 Å². The third-order valence-corrected chi connectivity index (χ3v) is 6.88. The van der Waals surface area contributed by atoms with E-state index in [9.17, 15) is 12.8 Å². The molecule has 1 aliphatic rings. The minimum atomic E-state index is -3.71. The molecule has 0 unspecified atom stereocenters. The molecule has 1 fully saturated rings. The van der Waals surface area contributed by atoms with Gasteiger partial charge in [0.1, 0.15) is 5.82 Å². The average molecular weight is 373 g/mol. The smallest absolute Gasteiger partial charge is 0.243 e. The molecule has 4 rings (SSSR count). The summed E-state index contributed by atoms with van der Waals surface area (Å²) in [5.41, 5.74) is 3.26. The minimum absolute atomic E-state index is 0.0135. The van der Waals surface area contributed by atoms with E-state index >= 15 is 0 Å². The van der Waals surface area contributed by atoms with Crippen LogP contribution in [-0.2, 0) is 10.0 Å². The first kappa shape index (κ1) is 17.2. The molecule has 0 radical (unpaired) electrons. The molecule has 1 saturated heterocycles. The molecule has 26 heavy (non-hydrogen) atoms. The third-order valence-electron chi connectivity index (χ3n) is 5.01. The fraction of sp³-hybridized carbons (Fsp3) is 0.316. The first-order valence-electron chi connectivity index (χ1n) is 8.65. The number of sulfonamides is 1. The molecule has 7 heteroatoms. The lowest BCUT2D eigenvalue weighted by molar-refractivity contribution is 0.313. The second kappa shape index (κ2) is 6.48. The Bertz CT molecular complexity index is 1030. The molecular formula is C19H20FN3O2S. The van der Waals surface area contributed by atoms with Crippen molar-refractivity contribution in [2.45, 2.75) is 30.6 Å². The summed E-state index contributed by atoms with van der Waals surface area (Å²) < 4.78 is 41.2. The Kier molecular flexibility index (Phi) is 4.28. The summed E-state index contributed by atoms with van der Waals surface area (Å²) in [6, 6.07) is 9.91. The van der Waals surface area contributed by atoms with Gasteiger partial charge >= 0.3 is 0 Å². The molecule has 0 spiro atoms. The highest BCUT2D eigenvalue weighted by atomic mass is 32.2. The summed E-state index contributed by atoms with van der Waals surface area (Å²) >= 11 is 0. The van der Waals surface area contributed by atoms with Crippen LogP contribution in [0.5, 0.6) is 0 Å². The summed E-state index contributed by atoms with van der Waals surface area (Å²) in [4.78, 5) is 7.69. The molecule has 0 amide bonds. The maximum Gasteiger partial charge on any atom is 0.243 e. The van der Waals surface area contributed by atoms with Crippen molar-refractivity contribution in [1.29, 1.82) is 0 Å². The normalized spacial score (nSPS) is 19.1. The van der Waals surface area contributed by atoms with Gasteiger partial charge in [-0.05, 0) is 55.7 Å². The van der Waals surface area contributed by atoms with Crippen molar-refractivity contribution in [3.63, 3.8) is 0 Å². The van der Waals surface area contributed by atoms with E-state index in [1.54, 1.807) is 13.1 Å². The number of aromatic nitrogens is 2. The van der Waals surface area contributed by atoms with Gasteiger partial charge in [0.25, 0.3) is 0 Å². The summed E-state index contributed by atoms with van der Waals surface area (Å²) in [7, 11) is -3.71. The van der Waals surface area contributed by atoms with Crippen LogP contribution in [0.15, 0.2) is 47.5 Å². The van der Waals surface area contributed by atoms with Crippen LogP contribution >= 0.6 is 0 Å². The van der Waals surface area contributed by atoms with Crippen LogP contribution in [0.1, 0.15) is 30.0 Å². The number of aryl methyl sites for hydroxylation is 1. The van der Waals surface area contributed by atoms with Gasteiger partial charge in [-0.3, -0.25) is 4.98 Å². The molecule has 0 bridgehead atoms. The predicted molar refractivity (Wildman–Crippen MR) is 98.0 cm³/mol.